The summed E-state index contributed by atoms with van der Waals surface area (Å²) in [5.41, 5.74) is 0.566. The van der Waals surface area contributed by atoms with Gasteiger partial charge >= 0.3 is 0 Å². The van der Waals surface area contributed by atoms with Gasteiger partial charge in [0.1, 0.15) is 11.6 Å². The second-order valence-corrected chi connectivity index (χ2v) is 3.21. The molecule has 0 unspecified atom stereocenters. The molecule has 0 spiro atoms. The highest BCUT2D eigenvalue weighted by Gasteiger charge is 2.10. The summed E-state index contributed by atoms with van der Waals surface area (Å²) in [5, 5.41) is 0. The number of carbonyl (C=O) groups is 1. The third kappa shape index (κ3) is 2.52. The monoisotopic (exact) mass is 207 g/mol. The Morgan fingerprint density at radius 2 is 2.00 bits per heavy atom. The van der Waals surface area contributed by atoms with Gasteiger partial charge < -0.3 is 4.90 Å². The Morgan fingerprint density at radius 1 is 1.33 bits per heavy atom. The maximum absolute atomic E-state index is 10.9. The van der Waals surface area contributed by atoms with Crippen LogP contribution in [0.1, 0.15) is 37.0 Å². The molecule has 1 aromatic rings. The topological polar surface area (TPSA) is 46.1 Å². The Morgan fingerprint density at radius 3 is 2.47 bits per heavy atom. The minimum absolute atomic E-state index is 0.566. The second-order valence-electron chi connectivity index (χ2n) is 3.21. The van der Waals surface area contributed by atoms with E-state index < -0.39 is 0 Å². The molecule has 0 bridgehead atoms. The Bertz CT molecular complexity index is 335. The van der Waals surface area contributed by atoms with E-state index in [1.54, 1.807) is 6.20 Å². The van der Waals surface area contributed by atoms with Gasteiger partial charge in [-0.15, -0.1) is 0 Å². The first-order valence-corrected chi connectivity index (χ1v) is 5.32. The molecule has 0 aliphatic rings. The number of aromatic nitrogens is 2. The van der Waals surface area contributed by atoms with Gasteiger partial charge in [-0.3, -0.25) is 4.79 Å². The molecule has 0 saturated heterocycles. The lowest BCUT2D eigenvalue weighted by Crippen LogP contribution is -2.25. The molecular weight excluding hydrogens is 190 g/mol. The molecule has 0 amide bonds. The van der Waals surface area contributed by atoms with Gasteiger partial charge in [0, 0.05) is 25.7 Å². The number of aldehydes is 1. The quantitative estimate of drug-likeness (QED) is 0.689. The van der Waals surface area contributed by atoms with E-state index in [9.17, 15) is 4.79 Å². The maximum Gasteiger partial charge on any atom is 0.155 e. The Hall–Kier alpha value is -1.45. The van der Waals surface area contributed by atoms with Gasteiger partial charge in [0.15, 0.2) is 6.29 Å². The van der Waals surface area contributed by atoms with Crippen LogP contribution >= 0.6 is 0 Å². The largest absolute Gasteiger partial charge is 0.356 e. The van der Waals surface area contributed by atoms with Gasteiger partial charge in [0.2, 0.25) is 0 Å². The molecule has 0 radical (unpaired) electrons. The standard InChI is InChI=1S/C11H17N3O/c1-4-10-12-7-9(8-15)11(13-10)14(5-2)6-3/h7-8H,4-6H2,1-3H3. The summed E-state index contributed by atoms with van der Waals surface area (Å²) >= 11 is 0. The number of hydrogen-bond donors (Lipinski definition) is 0. The molecule has 1 rings (SSSR count). The van der Waals surface area contributed by atoms with Crippen molar-refractivity contribution in [1.82, 2.24) is 9.97 Å². The summed E-state index contributed by atoms with van der Waals surface area (Å²) in [6.45, 7) is 7.79. The van der Waals surface area contributed by atoms with E-state index in [4.69, 9.17) is 0 Å². The fourth-order valence-electron chi connectivity index (χ4n) is 1.45. The van der Waals surface area contributed by atoms with Gasteiger partial charge in [0.25, 0.3) is 0 Å². The molecule has 0 aliphatic heterocycles. The van der Waals surface area contributed by atoms with Crippen LogP contribution in [0.2, 0.25) is 0 Å². The minimum Gasteiger partial charge on any atom is -0.356 e. The van der Waals surface area contributed by atoms with Crippen molar-refractivity contribution in [3.05, 3.63) is 17.6 Å². The molecular formula is C11H17N3O. The van der Waals surface area contributed by atoms with Gasteiger partial charge in [0.05, 0.1) is 5.56 Å². The van der Waals surface area contributed by atoms with Gasteiger partial charge in [-0.25, -0.2) is 9.97 Å². The first kappa shape index (κ1) is 11.6. The number of carbonyl (C=O) groups excluding carboxylic acids is 1. The van der Waals surface area contributed by atoms with E-state index in [0.29, 0.717) is 5.56 Å². The SMILES string of the molecule is CCc1ncc(C=O)c(N(CC)CC)n1. The van der Waals surface area contributed by atoms with Crippen LogP contribution in [0.4, 0.5) is 5.82 Å². The van der Waals surface area contributed by atoms with Crippen LogP contribution in [0.25, 0.3) is 0 Å². The van der Waals surface area contributed by atoms with Crippen LogP contribution in [0, 0.1) is 0 Å². The van der Waals surface area contributed by atoms with Crippen molar-refractivity contribution in [1.29, 1.82) is 0 Å². The summed E-state index contributed by atoms with van der Waals surface area (Å²) in [6, 6.07) is 0. The zero-order valence-corrected chi connectivity index (χ0v) is 9.53. The number of aryl methyl sites for hydroxylation is 1. The van der Waals surface area contributed by atoms with Crippen LogP contribution < -0.4 is 4.90 Å². The Balaban J connectivity index is 3.15. The Kier molecular flexibility index (Phi) is 4.21. The molecule has 15 heavy (non-hydrogen) atoms. The summed E-state index contributed by atoms with van der Waals surface area (Å²) in [4.78, 5) is 21.4. The number of hydrogen-bond acceptors (Lipinski definition) is 4. The second kappa shape index (κ2) is 5.44. The molecule has 82 valence electrons. The first-order valence-electron chi connectivity index (χ1n) is 5.32. The van der Waals surface area contributed by atoms with Crippen LogP contribution in [-0.4, -0.2) is 29.3 Å². The van der Waals surface area contributed by atoms with Gasteiger partial charge in [-0.05, 0) is 13.8 Å². The maximum atomic E-state index is 10.9. The lowest BCUT2D eigenvalue weighted by Gasteiger charge is -2.21. The van der Waals surface area contributed by atoms with E-state index in [1.807, 2.05) is 20.8 Å². The molecule has 0 aliphatic carbocycles. The fourth-order valence-corrected chi connectivity index (χ4v) is 1.45. The predicted octanol–water partition coefficient (Wildman–Crippen LogP) is 1.70. The normalized spacial score (nSPS) is 10.1. The molecule has 0 N–H and O–H groups in total. The van der Waals surface area contributed by atoms with E-state index in [1.165, 1.54) is 0 Å². The predicted molar refractivity (Wildman–Crippen MR) is 60.4 cm³/mol. The van der Waals surface area contributed by atoms with E-state index in [-0.39, 0.29) is 0 Å². The average Bonchev–Trinajstić information content (AvgIpc) is 2.30. The van der Waals surface area contributed by atoms with Crippen molar-refractivity contribution >= 4 is 12.1 Å². The van der Waals surface area contributed by atoms with Crippen LogP contribution in [-0.2, 0) is 6.42 Å². The molecule has 0 saturated carbocycles. The highest BCUT2D eigenvalue weighted by Crippen LogP contribution is 2.15. The average molecular weight is 207 g/mol. The van der Waals surface area contributed by atoms with Crippen molar-refractivity contribution < 1.29 is 4.79 Å². The lowest BCUT2D eigenvalue weighted by molar-refractivity contribution is 0.112. The third-order valence-electron chi connectivity index (χ3n) is 2.35. The van der Waals surface area contributed by atoms with Crippen molar-refractivity contribution in [2.75, 3.05) is 18.0 Å². The van der Waals surface area contributed by atoms with Crippen LogP contribution in [0.3, 0.4) is 0 Å². The Labute approximate surface area is 90.3 Å². The van der Waals surface area contributed by atoms with Gasteiger partial charge in [-0.2, -0.15) is 0 Å². The summed E-state index contributed by atoms with van der Waals surface area (Å²) in [5.74, 6) is 1.53. The van der Waals surface area contributed by atoms with Crippen LogP contribution in [0.15, 0.2) is 6.20 Å². The van der Waals surface area contributed by atoms with Crippen molar-refractivity contribution in [2.24, 2.45) is 0 Å². The minimum atomic E-state index is 0.566. The zero-order chi connectivity index (χ0) is 11.3. The third-order valence-corrected chi connectivity index (χ3v) is 2.35. The summed E-state index contributed by atoms with van der Waals surface area (Å²) in [7, 11) is 0. The summed E-state index contributed by atoms with van der Waals surface area (Å²) in [6.07, 6.45) is 3.20. The smallest absolute Gasteiger partial charge is 0.155 e. The van der Waals surface area contributed by atoms with E-state index in [0.717, 1.165) is 37.4 Å². The number of nitrogens with zero attached hydrogens (tertiary/aromatic N) is 3. The van der Waals surface area contributed by atoms with Crippen LogP contribution in [0.5, 0.6) is 0 Å². The van der Waals surface area contributed by atoms with E-state index >= 15 is 0 Å². The molecule has 0 atom stereocenters. The van der Waals surface area contributed by atoms with Crippen molar-refractivity contribution in [2.45, 2.75) is 27.2 Å². The first-order chi connectivity index (χ1) is 7.26. The molecule has 1 aromatic heterocycles. The highest BCUT2D eigenvalue weighted by molar-refractivity contribution is 5.82. The van der Waals surface area contributed by atoms with Crippen molar-refractivity contribution in [3.63, 3.8) is 0 Å². The number of rotatable bonds is 5. The molecule has 0 fully saturated rings. The van der Waals surface area contributed by atoms with Gasteiger partial charge in [-0.1, -0.05) is 6.92 Å². The molecule has 1 heterocycles. The van der Waals surface area contributed by atoms with Crippen molar-refractivity contribution in [3.8, 4) is 0 Å². The molecule has 4 heteroatoms. The zero-order valence-electron chi connectivity index (χ0n) is 9.53. The highest BCUT2D eigenvalue weighted by atomic mass is 16.1. The molecule has 0 aromatic carbocycles. The summed E-state index contributed by atoms with van der Waals surface area (Å²) < 4.78 is 0. The fraction of sp³-hybridized carbons (Fsp3) is 0.545. The molecule has 4 nitrogen and oxygen atoms in total. The van der Waals surface area contributed by atoms with E-state index in [2.05, 4.69) is 14.9 Å². The lowest BCUT2D eigenvalue weighted by atomic mass is 10.3. The number of anilines is 1.